The molecule has 0 saturated carbocycles. The van der Waals surface area contributed by atoms with Crippen molar-refractivity contribution in [1.82, 2.24) is 0 Å². The van der Waals surface area contributed by atoms with Crippen LogP contribution in [0.25, 0.3) is 10.8 Å². The monoisotopic (exact) mass is 600 g/mol. The van der Waals surface area contributed by atoms with Gasteiger partial charge in [-0.05, 0) is 0 Å². The van der Waals surface area contributed by atoms with Gasteiger partial charge in [-0.2, -0.15) is 0 Å². The Bertz CT molecular complexity index is 1230. The Morgan fingerprint density at radius 3 is 1.75 bits per heavy atom. The molecule has 2 heteroatoms. The second-order valence-electron chi connectivity index (χ2n) is 9.36. The van der Waals surface area contributed by atoms with E-state index in [-0.39, 0.29) is 0 Å². The fourth-order valence-corrected chi connectivity index (χ4v) is 11.3. The number of rotatable bonds is 4. The standard InChI is InChI=1S/C30H30SeTe/c1-17-13-19(3)29(20(4)14-17)31-25-11-9-23-7-8-24-10-12-26(28(25)27(23)24)32-30-21(5)15-18(2)16-22(30)6/h9-16H,7-8H2,1-6H3. The molecule has 0 atom stereocenters. The summed E-state index contributed by atoms with van der Waals surface area (Å²) in [5, 5.41) is 3.20. The van der Waals surface area contributed by atoms with Gasteiger partial charge in [0.25, 0.3) is 0 Å². The molecule has 0 bridgehead atoms. The maximum atomic E-state index is 2.49. The van der Waals surface area contributed by atoms with Crippen LogP contribution in [0.3, 0.4) is 0 Å². The summed E-state index contributed by atoms with van der Waals surface area (Å²) < 4.78 is 6.40. The van der Waals surface area contributed by atoms with Crippen LogP contribution in [0.2, 0.25) is 0 Å². The fraction of sp³-hybridized carbons (Fsp3) is 0.267. The summed E-state index contributed by atoms with van der Waals surface area (Å²) in [5.41, 5.74) is 11.7. The van der Waals surface area contributed by atoms with Crippen LogP contribution in [0.4, 0.5) is 0 Å². The first-order valence-electron chi connectivity index (χ1n) is 11.4. The third kappa shape index (κ3) is 3.97. The summed E-state index contributed by atoms with van der Waals surface area (Å²) in [4.78, 5) is 0. The van der Waals surface area contributed by atoms with E-state index in [1.165, 1.54) is 46.2 Å². The quantitative estimate of drug-likeness (QED) is 0.311. The average molecular weight is 597 g/mol. The normalized spacial score (nSPS) is 12.7. The molecule has 0 aliphatic heterocycles. The minimum atomic E-state index is -0.459. The van der Waals surface area contributed by atoms with Crippen LogP contribution in [0.5, 0.6) is 0 Å². The first kappa shape index (κ1) is 22.3. The molecule has 0 nitrogen and oxygen atoms in total. The van der Waals surface area contributed by atoms with Gasteiger partial charge in [0.15, 0.2) is 0 Å². The van der Waals surface area contributed by atoms with E-state index < -0.39 is 20.9 Å². The second kappa shape index (κ2) is 8.66. The van der Waals surface area contributed by atoms with E-state index in [4.69, 9.17) is 0 Å². The van der Waals surface area contributed by atoms with Crippen LogP contribution in [0, 0.1) is 41.5 Å². The molecular weight excluding hydrogens is 567 g/mol. The van der Waals surface area contributed by atoms with Gasteiger partial charge in [-0.3, -0.25) is 0 Å². The van der Waals surface area contributed by atoms with E-state index >= 15 is 0 Å². The molecule has 0 saturated heterocycles. The first-order chi connectivity index (χ1) is 15.3. The Balaban J connectivity index is 1.69. The van der Waals surface area contributed by atoms with Gasteiger partial charge in [-0.1, -0.05) is 0 Å². The molecule has 1 aliphatic carbocycles. The zero-order chi connectivity index (χ0) is 22.6. The van der Waals surface area contributed by atoms with Crippen molar-refractivity contribution in [3.05, 3.63) is 93.0 Å². The van der Waals surface area contributed by atoms with Crippen molar-refractivity contribution in [1.29, 1.82) is 0 Å². The zero-order valence-electron chi connectivity index (χ0n) is 19.8. The summed E-state index contributed by atoms with van der Waals surface area (Å²) in [6.07, 6.45) is 2.41. The van der Waals surface area contributed by atoms with Crippen molar-refractivity contribution in [3.63, 3.8) is 0 Å². The molecular formula is C30H30SeTe. The Kier molecular flexibility index (Phi) is 6.02. The number of hydrogen-bond acceptors (Lipinski definition) is 0. The van der Waals surface area contributed by atoms with Crippen molar-refractivity contribution in [2.24, 2.45) is 0 Å². The van der Waals surface area contributed by atoms with Gasteiger partial charge in [0, 0.05) is 0 Å². The topological polar surface area (TPSA) is 0 Å². The van der Waals surface area contributed by atoms with Crippen LogP contribution in [-0.4, -0.2) is 35.9 Å². The van der Waals surface area contributed by atoms with Crippen molar-refractivity contribution < 1.29 is 0 Å². The van der Waals surface area contributed by atoms with E-state index in [0.29, 0.717) is 15.0 Å². The van der Waals surface area contributed by atoms with E-state index in [2.05, 4.69) is 90.1 Å². The summed E-state index contributed by atoms with van der Waals surface area (Å²) >= 11 is -0.139. The van der Waals surface area contributed by atoms with E-state index in [1.54, 1.807) is 38.0 Å². The van der Waals surface area contributed by atoms with Crippen LogP contribution in [-0.2, 0) is 12.8 Å². The van der Waals surface area contributed by atoms with E-state index in [1.807, 2.05) is 0 Å². The summed E-state index contributed by atoms with van der Waals surface area (Å²) in [6, 6.07) is 19.3. The van der Waals surface area contributed by atoms with Gasteiger partial charge in [-0.25, -0.2) is 0 Å². The van der Waals surface area contributed by atoms with Crippen molar-refractivity contribution in [3.8, 4) is 0 Å². The van der Waals surface area contributed by atoms with Crippen LogP contribution in [0.1, 0.15) is 44.5 Å². The molecule has 4 aromatic carbocycles. The molecule has 0 amide bonds. The summed E-state index contributed by atoms with van der Waals surface area (Å²) in [5.74, 6) is 0. The Morgan fingerprint density at radius 1 is 0.625 bits per heavy atom. The average Bonchev–Trinajstić information content (AvgIpc) is 3.14. The minimum absolute atomic E-state index is 0.320. The third-order valence-electron chi connectivity index (χ3n) is 6.55. The van der Waals surface area contributed by atoms with Crippen LogP contribution < -0.4 is 16.1 Å². The molecule has 0 radical (unpaired) electrons. The summed E-state index contributed by atoms with van der Waals surface area (Å²) in [6.45, 7) is 13.6. The molecule has 1 aliphatic rings. The SMILES string of the molecule is Cc1cc(C)c([Se]c2ccc3c4c(ccc([Te]c5c(C)cc(C)cc5C)c24)CC3)c(C)c1. The van der Waals surface area contributed by atoms with Crippen molar-refractivity contribution in [2.75, 3.05) is 0 Å². The molecule has 0 unspecified atom stereocenters. The fourth-order valence-electron chi connectivity index (χ4n) is 5.31. The molecule has 0 N–H and O–H groups in total. The zero-order valence-corrected chi connectivity index (χ0v) is 23.9. The number of hydrogen-bond donors (Lipinski definition) is 0. The van der Waals surface area contributed by atoms with Gasteiger partial charge < -0.3 is 0 Å². The number of aryl methyl sites for hydroxylation is 8. The van der Waals surface area contributed by atoms with Crippen molar-refractivity contribution >= 4 is 62.8 Å². The number of benzene rings is 4. The first-order valence-corrected chi connectivity index (χ1v) is 15.4. The molecule has 32 heavy (non-hydrogen) atoms. The molecule has 0 heterocycles. The maximum absolute atomic E-state index is 2.49. The molecule has 0 spiro atoms. The molecule has 162 valence electrons. The predicted molar refractivity (Wildman–Crippen MR) is 143 cm³/mol. The Labute approximate surface area is 209 Å². The second-order valence-corrected chi connectivity index (χ2v) is 14.6. The Hall–Kier alpha value is -1.55. The third-order valence-corrected chi connectivity index (χ3v) is 13.5. The van der Waals surface area contributed by atoms with Gasteiger partial charge in [0.1, 0.15) is 0 Å². The van der Waals surface area contributed by atoms with Crippen molar-refractivity contribution in [2.45, 2.75) is 54.4 Å². The summed E-state index contributed by atoms with van der Waals surface area (Å²) in [7, 11) is 0. The molecule has 0 fully saturated rings. The van der Waals surface area contributed by atoms with E-state index in [9.17, 15) is 0 Å². The van der Waals surface area contributed by atoms with Crippen LogP contribution >= 0.6 is 0 Å². The molecule has 5 rings (SSSR count). The van der Waals surface area contributed by atoms with Gasteiger partial charge in [0.2, 0.25) is 0 Å². The molecule has 4 aromatic rings. The van der Waals surface area contributed by atoms with E-state index in [0.717, 1.165) is 0 Å². The molecule has 0 aromatic heterocycles. The van der Waals surface area contributed by atoms with Gasteiger partial charge in [-0.15, -0.1) is 0 Å². The van der Waals surface area contributed by atoms with Gasteiger partial charge >= 0.3 is 210 Å². The Morgan fingerprint density at radius 2 is 1.16 bits per heavy atom. The predicted octanol–water partition coefficient (Wildman–Crippen LogP) is 4.10. The van der Waals surface area contributed by atoms with Crippen LogP contribution in [0.15, 0.2) is 48.5 Å². The van der Waals surface area contributed by atoms with Gasteiger partial charge in [0.05, 0.1) is 0 Å².